The molecular weight excluding hydrogens is 276 g/mol. The van der Waals surface area contributed by atoms with E-state index in [2.05, 4.69) is 10.6 Å². The first-order valence-corrected chi connectivity index (χ1v) is 7.26. The number of hydrogen-bond acceptors (Lipinski definition) is 2. The molecule has 114 valence electrons. The monoisotopic (exact) mass is 296 g/mol. The number of aryl methyl sites for hydroxylation is 1. The Kier molecular flexibility index (Phi) is 5.31. The van der Waals surface area contributed by atoms with Crippen LogP contribution in [0.15, 0.2) is 54.6 Å². The van der Waals surface area contributed by atoms with Crippen LogP contribution in [0.25, 0.3) is 0 Å². The molecule has 0 spiro atoms. The number of amides is 2. The van der Waals surface area contributed by atoms with E-state index in [4.69, 9.17) is 0 Å². The van der Waals surface area contributed by atoms with E-state index in [0.717, 1.165) is 11.1 Å². The van der Waals surface area contributed by atoms with E-state index in [1.54, 1.807) is 12.1 Å². The van der Waals surface area contributed by atoms with Crippen LogP contribution in [0.2, 0.25) is 0 Å². The first-order valence-electron chi connectivity index (χ1n) is 7.26. The Morgan fingerprint density at radius 1 is 1.00 bits per heavy atom. The number of carbonyl (C=O) groups is 2. The number of nitrogens with one attached hydrogen (secondary N) is 2. The number of hydrogen-bond donors (Lipinski definition) is 2. The van der Waals surface area contributed by atoms with Crippen molar-refractivity contribution in [1.82, 2.24) is 10.6 Å². The molecule has 4 heteroatoms. The van der Waals surface area contributed by atoms with Crippen LogP contribution in [0.3, 0.4) is 0 Å². The molecule has 2 aromatic rings. The topological polar surface area (TPSA) is 58.2 Å². The van der Waals surface area contributed by atoms with Gasteiger partial charge in [0, 0.05) is 5.56 Å². The van der Waals surface area contributed by atoms with Crippen LogP contribution in [0.4, 0.5) is 0 Å². The normalized spacial score (nSPS) is 11.5. The van der Waals surface area contributed by atoms with E-state index in [1.807, 2.05) is 56.3 Å². The van der Waals surface area contributed by atoms with Crippen molar-refractivity contribution in [1.29, 1.82) is 0 Å². The summed E-state index contributed by atoms with van der Waals surface area (Å²) in [6, 6.07) is 16.9. The lowest BCUT2D eigenvalue weighted by Crippen LogP contribution is -2.38. The van der Waals surface area contributed by atoms with E-state index in [9.17, 15) is 9.59 Å². The molecule has 0 aliphatic heterocycles. The molecule has 0 aromatic heterocycles. The van der Waals surface area contributed by atoms with Crippen molar-refractivity contribution < 1.29 is 9.59 Å². The Morgan fingerprint density at radius 3 is 2.32 bits per heavy atom. The van der Waals surface area contributed by atoms with Gasteiger partial charge in [-0.3, -0.25) is 9.59 Å². The lowest BCUT2D eigenvalue weighted by molar-refractivity contribution is -0.120. The highest BCUT2D eigenvalue weighted by Gasteiger charge is 2.12. The molecule has 2 amide bonds. The molecule has 2 rings (SSSR count). The van der Waals surface area contributed by atoms with Gasteiger partial charge >= 0.3 is 0 Å². The predicted molar refractivity (Wildman–Crippen MR) is 86.5 cm³/mol. The van der Waals surface area contributed by atoms with Crippen LogP contribution in [-0.2, 0) is 4.79 Å². The minimum atomic E-state index is -0.236. The summed E-state index contributed by atoms with van der Waals surface area (Å²) in [7, 11) is 0. The molecule has 0 radical (unpaired) electrons. The highest BCUT2D eigenvalue weighted by atomic mass is 16.2. The summed E-state index contributed by atoms with van der Waals surface area (Å²) in [4.78, 5) is 24.0. The van der Waals surface area contributed by atoms with Gasteiger partial charge in [-0.05, 0) is 31.0 Å². The van der Waals surface area contributed by atoms with Crippen molar-refractivity contribution >= 4 is 11.8 Å². The van der Waals surface area contributed by atoms with Gasteiger partial charge in [0.15, 0.2) is 0 Å². The van der Waals surface area contributed by atoms with Gasteiger partial charge in [-0.1, -0.05) is 48.5 Å². The zero-order chi connectivity index (χ0) is 15.9. The second kappa shape index (κ2) is 7.41. The van der Waals surface area contributed by atoms with Gasteiger partial charge in [0.05, 0.1) is 12.6 Å². The van der Waals surface area contributed by atoms with Crippen molar-refractivity contribution in [3.8, 4) is 0 Å². The molecule has 22 heavy (non-hydrogen) atoms. The number of rotatable bonds is 5. The van der Waals surface area contributed by atoms with Crippen LogP contribution in [-0.4, -0.2) is 18.4 Å². The van der Waals surface area contributed by atoms with Gasteiger partial charge in [0.2, 0.25) is 5.91 Å². The van der Waals surface area contributed by atoms with Crippen molar-refractivity contribution in [3.05, 3.63) is 71.3 Å². The molecular formula is C18H20N2O2. The average molecular weight is 296 g/mol. The largest absolute Gasteiger partial charge is 0.348 e. The van der Waals surface area contributed by atoms with E-state index >= 15 is 0 Å². The molecule has 0 heterocycles. The zero-order valence-corrected chi connectivity index (χ0v) is 12.8. The second-order valence-electron chi connectivity index (χ2n) is 5.20. The van der Waals surface area contributed by atoms with Gasteiger partial charge < -0.3 is 10.6 Å². The van der Waals surface area contributed by atoms with Crippen molar-refractivity contribution in [2.24, 2.45) is 0 Å². The quantitative estimate of drug-likeness (QED) is 0.891. The lowest BCUT2D eigenvalue weighted by atomic mass is 10.1. The summed E-state index contributed by atoms with van der Waals surface area (Å²) in [6.07, 6.45) is 0. The molecule has 0 bridgehead atoms. The van der Waals surface area contributed by atoms with E-state index < -0.39 is 0 Å². The van der Waals surface area contributed by atoms with Crippen LogP contribution in [0, 0.1) is 6.92 Å². The Hall–Kier alpha value is -2.62. The summed E-state index contributed by atoms with van der Waals surface area (Å²) < 4.78 is 0. The molecule has 0 fully saturated rings. The van der Waals surface area contributed by atoms with Gasteiger partial charge in [0.1, 0.15) is 0 Å². The molecule has 0 unspecified atom stereocenters. The fourth-order valence-electron chi connectivity index (χ4n) is 2.20. The Balaban J connectivity index is 1.85. The standard InChI is InChI=1S/C18H20N2O2/c1-13-8-6-7-11-16(13)18(22)19-12-17(21)20-14(2)15-9-4-3-5-10-15/h3-11,14H,12H2,1-2H3,(H,19,22)(H,20,21)/t14-/m1/s1. The number of benzene rings is 2. The van der Waals surface area contributed by atoms with Crippen LogP contribution in [0.5, 0.6) is 0 Å². The van der Waals surface area contributed by atoms with E-state index in [0.29, 0.717) is 5.56 Å². The summed E-state index contributed by atoms with van der Waals surface area (Å²) in [5.74, 6) is -0.445. The molecule has 0 saturated heterocycles. The van der Waals surface area contributed by atoms with Crippen LogP contribution >= 0.6 is 0 Å². The average Bonchev–Trinajstić information content (AvgIpc) is 2.54. The van der Waals surface area contributed by atoms with Gasteiger partial charge in [-0.2, -0.15) is 0 Å². The zero-order valence-electron chi connectivity index (χ0n) is 12.8. The fourth-order valence-corrected chi connectivity index (χ4v) is 2.20. The van der Waals surface area contributed by atoms with Crippen LogP contribution < -0.4 is 10.6 Å². The molecule has 1 atom stereocenters. The van der Waals surface area contributed by atoms with Crippen molar-refractivity contribution in [3.63, 3.8) is 0 Å². The smallest absolute Gasteiger partial charge is 0.251 e. The minimum absolute atomic E-state index is 0.0374. The molecule has 0 saturated carbocycles. The third-order valence-corrected chi connectivity index (χ3v) is 3.48. The Labute approximate surface area is 130 Å². The highest BCUT2D eigenvalue weighted by Crippen LogP contribution is 2.10. The molecule has 0 aliphatic rings. The number of carbonyl (C=O) groups excluding carboxylic acids is 2. The van der Waals surface area contributed by atoms with Crippen LogP contribution in [0.1, 0.15) is 34.5 Å². The van der Waals surface area contributed by atoms with Gasteiger partial charge in [0.25, 0.3) is 5.91 Å². The SMILES string of the molecule is Cc1ccccc1C(=O)NCC(=O)N[C@H](C)c1ccccc1. The summed E-state index contributed by atoms with van der Waals surface area (Å²) in [5.41, 5.74) is 2.51. The Bertz CT molecular complexity index is 653. The second-order valence-corrected chi connectivity index (χ2v) is 5.20. The first kappa shape index (κ1) is 15.8. The molecule has 2 aromatic carbocycles. The highest BCUT2D eigenvalue weighted by molar-refractivity contribution is 5.97. The van der Waals surface area contributed by atoms with E-state index in [1.165, 1.54) is 0 Å². The molecule has 0 aliphatic carbocycles. The van der Waals surface area contributed by atoms with E-state index in [-0.39, 0.29) is 24.4 Å². The fraction of sp³-hybridized carbons (Fsp3) is 0.222. The third kappa shape index (κ3) is 4.19. The maximum atomic E-state index is 12.0. The maximum absolute atomic E-state index is 12.0. The summed E-state index contributed by atoms with van der Waals surface area (Å²) in [5, 5.41) is 5.51. The Morgan fingerprint density at radius 2 is 1.64 bits per heavy atom. The minimum Gasteiger partial charge on any atom is -0.348 e. The third-order valence-electron chi connectivity index (χ3n) is 3.48. The molecule has 4 nitrogen and oxygen atoms in total. The summed E-state index contributed by atoms with van der Waals surface area (Å²) in [6.45, 7) is 3.74. The summed E-state index contributed by atoms with van der Waals surface area (Å²) >= 11 is 0. The lowest BCUT2D eigenvalue weighted by Gasteiger charge is -2.14. The molecule has 2 N–H and O–H groups in total. The van der Waals surface area contributed by atoms with Gasteiger partial charge in [-0.15, -0.1) is 0 Å². The first-order chi connectivity index (χ1) is 10.6. The predicted octanol–water partition coefficient (Wildman–Crippen LogP) is 2.60. The van der Waals surface area contributed by atoms with Crippen molar-refractivity contribution in [2.45, 2.75) is 19.9 Å². The van der Waals surface area contributed by atoms with Crippen molar-refractivity contribution in [2.75, 3.05) is 6.54 Å². The maximum Gasteiger partial charge on any atom is 0.251 e. The van der Waals surface area contributed by atoms with Gasteiger partial charge in [-0.25, -0.2) is 0 Å².